The largest absolute Gasteiger partial charge is 0.497 e. The zero-order chi connectivity index (χ0) is 19.1. The van der Waals surface area contributed by atoms with Crippen LogP contribution in [0.15, 0.2) is 60.8 Å². The minimum Gasteiger partial charge on any atom is -0.497 e. The van der Waals surface area contributed by atoms with Crippen molar-refractivity contribution in [2.24, 2.45) is 0 Å². The van der Waals surface area contributed by atoms with Gasteiger partial charge < -0.3 is 10.1 Å². The van der Waals surface area contributed by atoms with Gasteiger partial charge in [-0.1, -0.05) is 55.8 Å². The topological polar surface area (TPSA) is 56.2 Å². The Bertz CT molecular complexity index is 888. The molecule has 0 aliphatic heterocycles. The first-order chi connectivity index (χ1) is 13.2. The Balaban J connectivity index is 1.94. The summed E-state index contributed by atoms with van der Waals surface area (Å²) in [7, 11) is 1.63. The van der Waals surface area contributed by atoms with Crippen molar-refractivity contribution in [3.63, 3.8) is 0 Å². The summed E-state index contributed by atoms with van der Waals surface area (Å²) in [5.41, 5.74) is 3.24. The van der Waals surface area contributed by atoms with Crippen molar-refractivity contribution in [2.45, 2.75) is 26.3 Å². The highest BCUT2D eigenvalue weighted by Crippen LogP contribution is 2.26. The highest BCUT2D eigenvalue weighted by Gasteiger charge is 2.18. The summed E-state index contributed by atoms with van der Waals surface area (Å²) in [6, 6.07) is 17.7. The zero-order valence-electron chi connectivity index (χ0n) is 15.8. The van der Waals surface area contributed by atoms with Gasteiger partial charge in [-0.2, -0.15) is 5.10 Å². The van der Waals surface area contributed by atoms with Crippen molar-refractivity contribution >= 4 is 5.91 Å². The first-order valence-corrected chi connectivity index (χ1v) is 9.25. The maximum absolute atomic E-state index is 12.7. The van der Waals surface area contributed by atoms with Crippen molar-refractivity contribution in [1.29, 1.82) is 0 Å². The summed E-state index contributed by atoms with van der Waals surface area (Å²) in [5.74, 6) is 0.642. The lowest BCUT2D eigenvalue weighted by Gasteiger charge is -2.06. The summed E-state index contributed by atoms with van der Waals surface area (Å²) in [6.07, 6.45) is 3.82. The van der Waals surface area contributed by atoms with Gasteiger partial charge in [0, 0.05) is 18.3 Å². The summed E-state index contributed by atoms with van der Waals surface area (Å²) < 4.78 is 7.14. The highest BCUT2D eigenvalue weighted by molar-refractivity contribution is 5.99. The number of carbonyl (C=O) groups excluding carboxylic acids is 1. The molecule has 0 spiro atoms. The molecule has 1 amide bonds. The van der Waals surface area contributed by atoms with E-state index in [2.05, 4.69) is 12.2 Å². The third-order valence-electron chi connectivity index (χ3n) is 4.35. The lowest BCUT2D eigenvalue weighted by Crippen LogP contribution is -2.24. The van der Waals surface area contributed by atoms with Gasteiger partial charge in [0.05, 0.1) is 19.2 Å². The Kier molecular flexibility index (Phi) is 6.26. The molecule has 1 N–H and O–H groups in total. The number of nitrogens with one attached hydrogen (secondary N) is 1. The van der Waals surface area contributed by atoms with Crippen LogP contribution < -0.4 is 10.1 Å². The van der Waals surface area contributed by atoms with E-state index in [4.69, 9.17) is 9.84 Å². The van der Waals surface area contributed by atoms with Crippen LogP contribution in [0.25, 0.3) is 11.3 Å². The van der Waals surface area contributed by atoms with Gasteiger partial charge in [0.25, 0.3) is 5.91 Å². The average Bonchev–Trinajstić information content (AvgIpc) is 3.13. The average molecular weight is 363 g/mol. The monoisotopic (exact) mass is 363 g/mol. The third-order valence-corrected chi connectivity index (χ3v) is 4.35. The number of ether oxygens (including phenoxy) is 1. The molecule has 5 heteroatoms. The zero-order valence-corrected chi connectivity index (χ0v) is 15.8. The Hall–Kier alpha value is -3.08. The molecule has 0 bridgehead atoms. The summed E-state index contributed by atoms with van der Waals surface area (Å²) >= 11 is 0. The number of hydrogen-bond donors (Lipinski definition) is 1. The molecule has 140 valence electrons. The van der Waals surface area contributed by atoms with E-state index < -0.39 is 0 Å². The summed E-state index contributed by atoms with van der Waals surface area (Å²) in [4.78, 5) is 12.7. The molecule has 0 radical (unpaired) electrons. The number of hydrogen-bond acceptors (Lipinski definition) is 3. The molecule has 3 aromatic rings. The number of methoxy groups -OCH3 is 1. The highest BCUT2D eigenvalue weighted by atomic mass is 16.5. The van der Waals surface area contributed by atoms with Gasteiger partial charge in [-0.15, -0.1) is 0 Å². The predicted octanol–water partition coefficient (Wildman–Crippen LogP) is 4.14. The van der Waals surface area contributed by atoms with E-state index in [1.165, 1.54) is 0 Å². The van der Waals surface area contributed by atoms with Crippen molar-refractivity contribution in [3.8, 4) is 17.0 Å². The molecule has 0 saturated carbocycles. The van der Waals surface area contributed by atoms with Gasteiger partial charge in [0.15, 0.2) is 0 Å². The van der Waals surface area contributed by atoms with Crippen molar-refractivity contribution < 1.29 is 9.53 Å². The molecule has 1 aromatic heterocycles. The van der Waals surface area contributed by atoms with Crippen LogP contribution in [0.5, 0.6) is 5.75 Å². The van der Waals surface area contributed by atoms with Gasteiger partial charge in [0.1, 0.15) is 11.4 Å². The second-order valence-electron chi connectivity index (χ2n) is 6.42. The maximum Gasteiger partial charge on any atom is 0.255 e. The van der Waals surface area contributed by atoms with E-state index in [1.54, 1.807) is 7.11 Å². The normalized spacial score (nSPS) is 10.6. The van der Waals surface area contributed by atoms with Crippen molar-refractivity contribution in [1.82, 2.24) is 15.1 Å². The first kappa shape index (κ1) is 18.7. The molecular formula is C22H25N3O2. The number of carbonyl (C=O) groups is 1. The Morgan fingerprint density at radius 2 is 1.96 bits per heavy atom. The van der Waals surface area contributed by atoms with Crippen LogP contribution in [-0.4, -0.2) is 29.3 Å². The van der Waals surface area contributed by atoms with Gasteiger partial charge >= 0.3 is 0 Å². The van der Waals surface area contributed by atoms with Crippen LogP contribution in [0, 0.1) is 0 Å². The standard InChI is InChI=1S/C22H25N3O2/c1-3-4-13-23-22(26)20-16-25(15-17-9-6-5-7-10-17)24-21(20)18-11-8-12-19(14-18)27-2/h5-12,14,16H,3-4,13,15H2,1-2H3,(H,23,26). The number of unbranched alkanes of at least 4 members (excludes halogenated alkanes) is 1. The van der Waals surface area contributed by atoms with Crippen molar-refractivity contribution in [3.05, 3.63) is 71.9 Å². The number of nitrogens with zero attached hydrogens (tertiary/aromatic N) is 2. The summed E-state index contributed by atoms with van der Waals surface area (Å²) in [6.45, 7) is 3.38. The van der Waals surface area contributed by atoms with Crippen molar-refractivity contribution in [2.75, 3.05) is 13.7 Å². The van der Waals surface area contributed by atoms with E-state index in [-0.39, 0.29) is 5.91 Å². The number of rotatable bonds is 8. The van der Waals surface area contributed by atoms with E-state index >= 15 is 0 Å². The van der Waals surface area contributed by atoms with E-state index in [1.807, 2.05) is 65.5 Å². The predicted molar refractivity (Wildman–Crippen MR) is 107 cm³/mol. The SMILES string of the molecule is CCCCNC(=O)c1cn(Cc2ccccc2)nc1-c1cccc(OC)c1. The van der Waals surface area contributed by atoms with Crippen LogP contribution in [-0.2, 0) is 6.54 Å². The lowest BCUT2D eigenvalue weighted by molar-refractivity contribution is 0.0953. The quantitative estimate of drug-likeness (QED) is 0.612. The van der Waals surface area contributed by atoms with E-state index in [0.29, 0.717) is 24.3 Å². The molecule has 0 saturated heterocycles. The molecule has 0 aliphatic rings. The molecular weight excluding hydrogens is 338 g/mol. The Labute approximate surface area is 160 Å². The third kappa shape index (κ3) is 4.76. The van der Waals surface area contributed by atoms with Gasteiger partial charge in [-0.3, -0.25) is 9.48 Å². The molecule has 1 heterocycles. The minimum absolute atomic E-state index is 0.0967. The minimum atomic E-state index is -0.0967. The number of aromatic nitrogens is 2. The van der Waals surface area contributed by atoms with E-state index in [0.717, 1.165) is 29.7 Å². The second-order valence-corrected chi connectivity index (χ2v) is 6.42. The molecule has 0 atom stereocenters. The molecule has 2 aromatic carbocycles. The lowest BCUT2D eigenvalue weighted by atomic mass is 10.1. The van der Waals surface area contributed by atoms with Crippen LogP contribution in [0.3, 0.4) is 0 Å². The number of benzene rings is 2. The first-order valence-electron chi connectivity index (χ1n) is 9.25. The summed E-state index contributed by atoms with van der Waals surface area (Å²) in [5, 5.41) is 7.69. The molecule has 0 unspecified atom stereocenters. The fourth-order valence-electron chi connectivity index (χ4n) is 2.90. The van der Waals surface area contributed by atoms with Crippen LogP contribution in [0.4, 0.5) is 0 Å². The molecule has 5 nitrogen and oxygen atoms in total. The Morgan fingerprint density at radius 1 is 1.15 bits per heavy atom. The molecule has 0 aliphatic carbocycles. The van der Waals surface area contributed by atoms with Gasteiger partial charge in [0.2, 0.25) is 0 Å². The fourth-order valence-corrected chi connectivity index (χ4v) is 2.90. The molecule has 0 fully saturated rings. The van der Waals surface area contributed by atoms with Crippen LogP contribution in [0.2, 0.25) is 0 Å². The van der Waals surface area contributed by atoms with E-state index in [9.17, 15) is 4.79 Å². The second kappa shape index (κ2) is 9.03. The van der Waals surface area contributed by atoms with Crippen LogP contribution >= 0.6 is 0 Å². The van der Waals surface area contributed by atoms with Gasteiger partial charge in [-0.05, 0) is 24.1 Å². The fraction of sp³-hybridized carbons (Fsp3) is 0.273. The molecule has 3 rings (SSSR count). The number of amides is 1. The maximum atomic E-state index is 12.7. The Morgan fingerprint density at radius 3 is 2.70 bits per heavy atom. The van der Waals surface area contributed by atoms with Crippen LogP contribution in [0.1, 0.15) is 35.7 Å². The van der Waals surface area contributed by atoms with Gasteiger partial charge in [-0.25, -0.2) is 0 Å². The molecule has 27 heavy (non-hydrogen) atoms. The smallest absolute Gasteiger partial charge is 0.255 e.